The van der Waals surface area contributed by atoms with E-state index < -0.39 is 9.84 Å². The first-order chi connectivity index (χ1) is 8.90. The average Bonchev–Trinajstić information content (AvgIpc) is 2.34. The maximum Gasteiger partial charge on any atom is 0.193 e. The minimum Gasteiger partial charge on any atom is -0.497 e. The van der Waals surface area contributed by atoms with Crippen LogP contribution in [0.2, 0.25) is 0 Å². The number of hydrogen-bond donors (Lipinski definition) is 2. The highest BCUT2D eigenvalue weighted by atomic mass is 127. The molecule has 20 heavy (non-hydrogen) atoms. The topological polar surface area (TPSA) is 93.8 Å². The molecule has 1 aromatic carbocycles. The van der Waals surface area contributed by atoms with Crippen LogP contribution in [0.25, 0.3) is 0 Å². The summed E-state index contributed by atoms with van der Waals surface area (Å²) in [5, 5.41) is 2.91. The summed E-state index contributed by atoms with van der Waals surface area (Å²) in [6, 6.07) is 7.28. The molecule has 0 radical (unpaired) electrons. The number of anilines is 1. The number of methoxy groups -OCH3 is 1. The van der Waals surface area contributed by atoms with E-state index in [1.165, 1.54) is 6.26 Å². The van der Waals surface area contributed by atoms with Gasteiger partial charge in [0.1, 0.15) is 15.6 Å². The monoisotopic (exact) mass is 413 g/mol. The standard InChI is InChI=1S/C12H19N3O3S.HI/c1-18-11-6-3-5-10(9-11)15-12(13)14-7-4-8-19(2,16)17;/h3,5-6,9H,4,7-8H2,1-2H3,(H3,13,14,15);1H. The minimum atomic E-state index is -2.94. The van der Waals surface area contributed by atoms with E-state index in [-0.39, 0.29) is 35.7 Å². The predicted octanol–water partition coefficient (Wildman–Crippen LogP) is 1.47. The largest absolute Gasteiger partial charge is 0.497 e. The summed E-state index contributed by atoms with van der Waals surface area (Å²) in [6.45, 7) is 0.371. The Bertz CT molecular complexity index is 547. The maximum atomic E-state index is 10.9. The highest BCUT2D eigenvalue weighted by molar-refractivity contribution is 14.0. The van der Waals surface area contributed by atoms with Gasteiger partial charge in [-0.1, -0.05) is 6.07 Å². The highest BCUT2D eigenvalue weighted by Crippen LogP contribution is 2.16. The van der Waals surface area contributed by atoms with Gasteiger partial charge in [-0.05, 0) is 18.6 Å². The first kappa shape index (κ1) is 19.0. The van der Waals surface area contributed by atoms with Gasteiger partial charge in [0.25, 0.3) is 0 Å². The Balaban J connectivity index is 0.00000361. The SMILES string of the molecule is COc1cccc(NC(N)=NCCCS(C)(=O)=O)c1.I. The number of benzene rings is 1. The van der Waals surface area contributed by atoms with Crippen molar-refractivity contribution in [3.8, 4) is 5.75 Å². The number of nitrogens with zero attached hydrogens (tertiary/aromatic N) is 1. The Labute approximate surface area is 136 Å². The summed E-state index contributed by atoms with van der Waals surface area (Å²) in [4.78, 5) is 4.06. The second-order valence-electron chi connectivity index (χ2n) is 4.11. The fourth-order valence-corrected chi connectivity index (χ4v) is 2.07. The fraction of sp³-hybridized carbons (Fsp3) is 0.417. The van der Waals surface area contributed by atoms with E-state index in [1.807, 2.05) is 18.2 Å². The third-order valence-corrected chi connectivity index (χ3v) is 3.33. The number of guanidine groups is 1. The molecule has 0 amide bonds. The average molecular weight is 413 g/mol. The van der Waals surface area contributed by atoms with Gasteiger partial charge in [-0.25, -0.2) is 8.42 Å². The molecular weight excluding hydrogens is 393 g/mol. The normalized spacial score (nSPS) is 11.6. The third-order valence-electron chi connectivity index (χ3n) is 2.30. The molecule has 0 heterocycles. The molecule has 0 aliphatic carbocycles. The van der Waals surface area contributed by atoms with Crippen LogP contribution in [0.3, 0.4) is 0 Å². The number of halogens is 1. The molecule has 0 aliphatic heterocycles. The van der Waals surface area contributed by atoms with E-state index >= 15 is 0 Å². The molecule has 0 spiro atoms. The molecule has 6 nitrogen and oxygen atoms in total. The van der Waals surface area contributed by atoms with Crippen LogP contribution in [0.4, 0.5) is 5.69 Å². The van der Waals surface area contributed by atoms with Gasteiger partial charge < -0.3 is 15.8 Å². The van der Waals surface area contributed by atoms with Crippen molar-refractivity contribution in [2.45, 2.75) is 6.42 Å². The molecule has 0 fully saturated rings. The fourth-order valence-electron chi connectivity index (χ4n) is 1.41. The lowest BCUT2D eigenvalue weighted by molar-refractivity contribution is 0.415. The van der Waals surface area contributed by atoms with Gasteiger partial charge in [0.15, 0.2) is 5.96 Å². The number of rotatable bonds is 6. The Kier molecular flexibility index (Phi) is 8.54. The zero-order valence-electron chi connectivity index (χ0n) is 11.5. The lowest BCUT2D eigenvalue weighted by Gasteiger charge is -2.07. The smallest absolute Gasteiger partial charge is 0.193 e. The number of sulfone groups is 1. The van der Waals surface area contributed by atoms with Gasteiger partial charge in [0.2, 0.25) is 0 Å². The summed E-state index contributed by atoms with van der Waals surface area (Å²) in [5.41, 5.74) is 6.46. The molecule has 3 N–H and O–H groups in total. The molecule has 0 saturated carbocycles. The van der Waals surface area contributed by atoms with Crippen LogP contribution >= 0.6 is 24.0 Å². The Morgan fingerprint density at radius 1 is 1.45 bits per heavy atom. The molecule has 8 heteroatoms. The van der Waals surface area contributed by atoms with Crippen molar-refractivity contribution in [2.75, 3.05) is 31.0 Å². The van der Waals surface area contributed by atoms with Crippen molar-refractivity contribution in [3.63, 3.8) is 0 Å². The summed E-state index contributed by atoms with van der Waals surface area (Å²) in [7, 11) is -1.35. The molecule has 0 saturated heterocycles. The highest BCUT2D eigenvalue weighted by Gasteiger charge is 2.01. The molecule has 1 rings (SSSR count). The van der Waals surface area contributed by atoms with E-state index in [0.29, 0.717) is 13.0 Å². The number of ether oxygens (including phenoxy) is 1. The molecule has 0 atom stereocenters. The Morgan fingerprint density at radius 3 is 2.75 bits per heavy atom. The Morgan fingerprint density at radius 2 is 2.15 bits per heavy atom. The van der Waals surface area contributed by atoms with Crippen LogP contribution in [0.15, 0.2) is 29.3 Å². The molecule has 0 aromatic heterocycles. The van der Waals surface area contributed by atoms with Gasteiger partial charge in [0.05, 0.1) is 12.9 Å². The summed E-state index contributed by atoms with van der Waals surface area (Å²) >= 11 is 0. The zero-order chi connectivity index (χ0) is 14.3. The quantitative estimate of drug-likeness (QED) is 0.319. The number of nitrogens with one attached hydrogen (secondary N) is 1. The van der Waals surface area contributed by atoms with Crippen LogP contribution in [0.1, 0.15) is 6.42 Å². The van der Waals surface area contributed by atoms with E-state index in [1.54, 1.807) is 13.2 Å². The van der Waals surface area contributed by atoms with Crippen molar-refractivity contribution in [3.05, 3.63) is 24.3 Å². The van der Waals surface area contributed by atoms with Gasteiger partial charge in [-0.15, -0.1) is 24.0 Å². The molecule has 0 unspecified atom stereocenters. The first-order valence-electron chi connectivity index (χ1n) is 5.79. The van der Waals surface area contributed by atoms with Crippen molar-refractivity contribution < 1.29 is 13.2 Å². The van der Waals surface area contributed by atoms with E-state index in [2.05, 4.69) is 10.3 Å². The second-order valence-corrected chi connectivity index (χ2v) is 6.37. The third kappa shape index (κ3) is 8.20. The number of nitrogens with two attached hydrogens (primary N) is 1. The van der Waals surface area contributed by atoms with Gasteiger partial charge in [-0.2, -0.15) is 0 Å². The second kappa shape index (κ2) is 9.01. The molecule has 1 aromatic rings. The number of hydrogen-bond acceptors (Lipinski definition) is 4. The van der Waals surface area contributed by atoms with Crippen molar-refractivity contribution in [1.82, 2.24) is 0 Å². The van der Waals surface area contributed by atoms with Crippen molar-refractivity contribution in [1.29, 1.82) is 0 Å². The van der Waals surface area contributed by atoms with E-state index in [9.17, 15) is 8.42 Å². The summed E-state index contributed by atoms with van der Waals surface area (Å²) in [5.74, 6) is 1.08. The Hall–Kier alpha value is -1.03. The van der Waals surface area contributed by atoms with Gasteiger partial charge in [-0.3, -0.25) is 4.99 Å². The first-order valence-corrected chi connectivity index (χ1v) is 7.85. The minimum absolute atomic E-state index is 0. The van der Waals surface area contributed by atoms with Crippen LogP contribution in [-0.4, -0.2) is 40.0 Å². The predicted molar refractivity (Wildman–Crippen MR) is 92.8 cm³/mol. The molecular formula is C12H20IN3O3S. The summed E-state index contributed by atoms with van der Waals surface area (Å²) < 4.78 is 26.9. The van der Waals surface area contributed by atoms with Crippen molar-refractivity contribution >= 4 is 45.5 Å². The van der Waals surface area contributed by atoms with Crippen LogP contribution in [-0.2, 0) is 9.84 Å². The summed E-state index contributed by atoms with van der Waals surface area (Å²) in [6.07, 6.45) is 1.66. The zero-order valence-corrected chi connectivity index (χ0v) is 14.6. The van der Waals surface area contributed by atoms with Crippen LogP contribution in [0, 0.1) is 0 Å². The molecule has 0 aliphatic rings. The molecule has 0 bridgehead atoms. The maximum absolute atomic E-state index is 10.9. The van der Waals surface area contributed by atoms with Crippen molar-refractivity contribution in [2.24, 2.45) is 10.7 Å². The van der Waals surface area contributed by atoms with Gasteiger partial charge >= 0.3 is 0 Å². The van der Waals surface area contributed by atoms with E-state index in [0.717, 1.165) is 11.4 Å². The van der Waals surface area contributed by atoms with Crippen LogP contribution in [0.5, 0.6) is 5.75 Å². The van der Waals surface area contributed by atoms with Gasteiger partial charge in [0, 0.05) is 24.6 Å². The van der Waals surface area contributed by atoms with E-state index in [4.69, 9.17) is 10.5 Å². The molecule has 114 valence electrons. The lowest BCUT2D eigenvalue weighted by atomic mass is 10.3. The number of aliphatic imine (C=N–C) groups is 1. The lowest BCUT2D eigenvalue weighted by Crippen LogP contribution is -2.23. The van der Waals surface area contributed by atoms with Crippen LogP contribution < -0.4 is 15.8 Å².